The Balaban J connectivity index is 1.28. The van der Waals surface area contributed by atoms with Gasteiger partial charge in [-0.2, -0.15) is 13.2 Å². The summed E-state index contributed by atoms with van der Waals surface area (Å²) in [5, 5.41) is -0.177. The van der Waals surface area contributed by atoms with Crippen molar-refractivity contribution in [1.82, 2.24) is 19.2 Å². The average Bonchev–Trinajstić information content (AvgIpc) is 3.66. The molecule has 32 heavy (non-hydrogen) atoms. The minimum Gasteiger partial charge on any atom is -0.336 e. The number of rotatable bonds is 3. The van der Waals surface area contributed by atoms with Gasteiger partial charge in [0.05, 0.1) is 5.56 Å². The van der Waals surface area contributed by atoms with Crippen molar-refractivity contribution >= 4 is 29.1 Å². The smallest absolute Gasteiger partial charge is 0.336 e. The van der Waals surface area contributed by atoms with Crippen LogP contribution in [0.5, 0.6) is 0 Å². The van der Waals surface area contributed by atoms with Gasteiger partial charge >= 0.3 is 6.18 Å². The van der Waals surface area contributed by atoms with E-state index in [2.05, 4.69) is 4.98 Å². The SMILES string of the molecule is O=C(c1nc2c(C(F)(F)F)cc(C3C=C3)cn2c1Cl)N1CCN(C2CC3CC3C2)C(=O)C1. The zero-order valence-electron chi connectivity index (χ0n) is 17.0. The zero-order valence-corrected chi connectivity index (χ0v) is 17.7. The number of carbonyl (C=O) groups excluding carboxylic acids is 2. The third-order valence-electron chi connectivity index (χ3n) is 7.16. The molecule has 0 radical (unpaired) electrons. The zero-order chi connectivity index (χ0) is 22.4. The van der Waals surface area contributed by atoms with Gasteiger partial charge in [0.25, 0.3) is 5.91 Å². The Morgan fingerprint density at radius 1 is 1.12 bits per heavy atom. The highest BCUT2D eigenvalue weighted by Crippen LogP contribution is 2.53. The number of amides is 2. The van der Waals surface area contributed by atoms with E-state index in [-0.39, 0.29) is 35.3 Å². The summed E-state index contributed by atoms with van der Waals surface area (Å²) < 4.78 is 42.2. The number of fused-ring (bicyclic) bond motifs is 2. The summed E-state index contributed by atoms with van der Waals surface area (Å²) in [5.74, 6) is 0.546. The second kappa shape index (κ2) is 6.73. The van der Waals surface area contributed by atoms with E-state index < -0.39 is 23.3 Å². The highest BCUT2D eigenvalue weighted by Gasteiger charge is 2.49. The fraction of sp³-hybridized carbons (Fsp3) is 0.500. The van der Waals surface area contributed by atoms with E-state index in [1.54, 1.807) is 12.2 Å². The maximum atomic E-state index is 13.7. The summed E-state index contributed by atoms with van der Waals surface area (Å²) in [5.41, 5.74) is -1.18. The van der Waals surface area contributed by atoms with Crippen LogP contribution in [0, 0.1) is 11.8 Å². The standard InChI is InChI=1S/C22H20ClF3N4O2/c23-19-18(27-20-16(22(24,25)26)8-14(9-30(19)20)11-1-2-11)21(32)28-3-4-29(17(31)10-28)15-6-12-5-13(12)7-15/h1-2,8-9,11-13,15H,3-7,10H2. The molecule has 10 heteroatoms. The third-order valence-corrected chi connectivity index (χ3v) is 7.53. The lowest BCUT2D eigenvalue weighted by Gasteiger charge is -2.38. The van der Waals surface area contributed by atoms with E-state index in [1.165, 1.54) is 17.5 Å². The van der Waals surface area contributed by atoms with Crippen LogP contribution in [-0.2, 0) is 11.0 Å². The number of nitrogens with zero attached hydrogens (tertiary/aromatic N) is 4. The van der Waals surface area contributed by atoms with Crippen LogP contribution in [0.15, 0.2) is 24.4 Å². The Morgan fingerprint density at radius 2 is 1.84 bits per heavy atom. The van der Waals surface area contributed by atoms with Crippen LogP contribution in [0.3, 0.4) is 0 Å². The van der Waals surface area contributed by atoms with Crippen molar-refractivity contribution in [3.05, 3.63) is 46.4 Å². The largest absolute Gasteiger partial charge is 0.419 e. The molecule has 3 fully saturated rings. The van der Waals surface area contributed by atoms with Gasteiger partial charge in [0.15, 0.2) is 11.3 Å². The molecule has 2 unspecified atom stereocenters. The molecule has 6 rings (SSSR count). The maximum absolute atomic E-state index is 13.7. The number of halogens is 4. The second-order valence-corrected chi connectivity index (χ2v) is 9.59. The second-order valence-electron chi connectivity index (χ2n) is 9.24. The molecular formula is C22H20ClF3N4O2. The van der Waals surface area contributed by atoms with Gasteiger partial charge in [0.2, 0.25) is 5.91 Å². The number of imidazole rings is 1. The Hall–Kier alpha value is -2.55. The van der Waals surface area contributed by atoms with Gasteiger partial charge in [-0.3, -0.25) is 14.0 Å². The molecule has 2 aromatic heterocycles. The van der Waals surface area contributed by atoms with Gasteiger partial charge in [-0.05, 0) is 42.7 Å². The number of aromatic nitrogens is 2. The predicted molar refractivity (Wildman–Crippen MR) is 109 cm³/mol. The first-order chi connectivity index (χ1) is 15.2. The summed E-state index contributed by atoms with van der Waals surface area (Å²) in [4.78, 5) is 33.0. The predicted octanol–water partition coefficient (Wildman–Crippen LogP) is 3.74. The number of hydrogen-bond donors (Lipinski definition) is 0. The molecule has 3 heterocycles. The van der Waals surface area contributed by atoms with E-state index in [0.29, 0.717) is 18.7 Å². The summed E-state index contributed by atoms with van der Waals surface area (Å²) in [6.45, 7) is 0.618. The van der Waals surface area contributed by atoms with Crippen LogP contribution in [0.25, 0.3) is 5.65 Å². The molecule has 1 aliphatic heterocycles. The molecule has 1 saturated heterocycles. The van der Waals surface area contributed by atoms with Crippen molar-refractivity contribution in [2.45, 2.75) is 37.4 Å². The van der Waals surface area contributed by atoms with Crippen LogP contribution >= 0.6 is 11.6 Å². The third kappa shape index (κ3) is 3.20. The molecule has 2 saturated carbocycles. The lowest BCUT2D eigenvalue weighted by Crippen LogP contribution is -2.55. The van der Waals surface area contributed by atoms with Gasteiger partial charge in [-0.15, -0.1) is 0 Å². The molecule has 2 atom stereocenters. The fourth-order valence-corrected chi connectivity index (χ4v) is 5.53. The first-order valence-electron chi connectivity index (χ1n) is 10.8. The maximum Gasteiger partial charge on any atom is 0.419 e. The monoisotopic (exact) mass is 464 g/mol. The number of carbonyl (C=O) groups is 2. The quantitative estimate of drug-likeness (QED) is 0.650. The first kappa shape index (κ1) is 20.1. The van der Waals surface area contributed by atoms with Crippen LogP contribution in [-0.4, -0.2) is 56.7 Å². The van der Waals surface area contributed by atoms with E-state index in [1.807, 2.05) is 4.90 Å². The van der Waals surface area contributed by atoms with Gasteiger partial charge in [0.1, 0.15) is 11.7 Å². The molecule has 0 bridgehead atoms. The van der Waals surface area contributed by atoms with E-state index in [9.17, 15) is 22.8 Å². The molecular weight excluding hydrogens is 445 g/mol. The Bertz CT molecular complexity index is 1170. The molecule has 2 amide bonds. The molecule has 6 nitrogen and oxygen atoms in total. The average molecular weight is 465 g/mol. The normalized spacial score (nSPS) is 27.4. The number of allylic oxidation sites excluding steroid dienone is 2. The molecule has 0 spiro atoms. The molecule has 0 aromatic carbocycles. The Kier molecular flexibility index (Phi) is 4.22. The van der Waals surface area contributed by atoms with E-state index >= 15 is 0 Å². The number of hydrogen-bond acceptors (Lipinski definition) is 3. The summed E-state index contributed by atoms with van der Waals surface area (Å²) in [7, 11) is 0. The molecule has 0 N–H and O–H groups in total. The summed E-state index contributed by atoms with van der Waals surface area (Å²) >= 11 is 6.35. The van der Waals surface area contributed by atoms with Crippen LogP contribution in [0.4, 0.5) is 13.2 Å². The molecule has 2 aromatic rings. The van der Waals surface area contributed by atoms with Crippen LogP contribution < -0.4 is 0 Å². The topological polar surface area (TPSA) is 57.9 Å². The van der Waals surface area contributed by atoms with E-state index in [0.717, 1.165) is 35.1 Å². The van der Waals surface area contributed by atoms with E-state index in [4.69, 9.17) is 11.6 Å². The van der Waals surface area contributed by atoms with Crippen molar-refractivity contribution in [2.24, 2.45) is 11.8 Å². The highest BCUT2D eigenvalue weighted by atomic mass is 35.5. The summed E-state index contributed by atoms with van der Waals surface area (Å²) in [6, 6.07) is 1.29. The van der Waals surface area contributed by atoms with Crippen LogP contribution in [0.1, 0.15) is 46.8 Å². The van der Waals surface area contributed by atoms with Crippen molar-refractivity contribution in [3.63, 3.8) is 0 Å². The summed E-state index contributed by atoms with van der Waals surface area (Å²) in [6.07, 6.45) is 3.70. The fourth-order valence-electron chi connectivity index (χ4n) is 5.28. The Labute approximate surface area is 186 Å². The van der Waals surface area contributed by atoms with Gasteiger partial charge in [-0.1, -0.05) is 23.8 Å². The molecule has 4 aliphatic rings. The first-order valence-corrected chi connectivity index (χ1v) is 11.1. The van der Waals surface area contributed by atoms with Gasteiger partial charge < -0.3 is 9.80 Å². The van der Waals surface area contributed by atoms with Crippen molar-refractivity contribution in [2.75, 3.05) is 19.6 Å². The van der Waals surface area contributed by atoms with Crippen LogP contribution in [0.2, 0.25) is 5.15 Å². The van der Waals surface area contributed by atoms with Crippen molar-refractivity contribution in [1.29, 1.82) is 0 Å². The number of alkyl halides is 3. The lowest BCUT2D eigenvalue weighted by atomic mass is 10.1. The minimum absolute atomic E-state index is 0.113. The van der Waals surface area contributed by atoms with Crippen molar-refractivity contribution < 1.29 is 22.8 Å². The van der Waals surface area contributed by atoms with Gasteiger partial charge in [0, 0.05) is 31.2 Å². The number of pyridine rings is 1. The number of piperazine rings is 1. The van der Waals surface area contributed by atoms with Crippen molar-refractivity contribution in [3.8, 4) is 0 Å². The molecule has 3 aliphatic carbocycles. The Morgan fingerprint density at radius 3 is 2.47 bits per heavy atom. The lowest BCUT2D eigenvalue weighted by molar-refractivity contribution is -0.138. The minimum atomic E-state index is -4.65. The molecule has 168 valence electrons. The highest BCUT2D eigenvalue weighted by molar-refractivity contribution is 6.33. The van der Waals surface area contributed by atoms with Gasteiger partial charge in [-0.25, -0.2) is 4.98 Å².